The molecule has 1 aliphatic rings. The highest BCUT2D eigenvalue weighted by Gasteiger charge is 2.22. The van der Waals surface area contributed by atoms with E-state index in [2.05, 4.69) is 0 Å². The fraction of sp³-hybridized carbons (Fsp3) is 0.222. The molecule has 2 aromatic rings. The van der Waals surface area contributed by atoms with Crippen molar-refractivity contribution in [2.24, 2.45) is 0 Å². The number of nitrogens with zero attached hydrogens (tertiary/aromatic N) is 1. The number of amides is 1. The van der Waals surface area contributed by atoms with Crippen LogP contribution >= 0.6 is 11.6 Å². The Hall–Kier alpha value is -2.33. The number of halogens is 1. The minimum absolute atomic E-state index is 0.0894. The number of esters is 1. The molecule has 23 heavy (non-hydrogen) atoms. The van der Waals surface area contributed by atoms with Crippen LogP contribution in [-0.4, -0.2) is 18.4 Å². The van der Waals surface area contributed by atoms with E-state index in [1.54, 1.807) is 29.2 Å². The Morgan fingerprint density at radius 2 is 2.00 bits per heavy atom. The van der Waals surface area contributed by atoms with Gasteiger partial charge in [-0.1, -0.05) is 35.9 Å². The van der Waals surface area contributed by atoms with Crippen molar-refractivity contribution < 1.29 is 14.3 Å². The molecule has 0 unspecified atom stereocenters. The molecule has 0 atom stereocenters. The van der Waals surface area contributed by atoms with Crippen LogP contribution in [0.25, 0.3) is 0 Å². The van der Waals surface area contributed by atoms with Crippen LogP contribution in [0.4, 0.5) is 5.69 Å². The monoisotopic (exact) mass is 329 g/mol. The Morgan fingerprint density at radius 3 is 2.74 bits per heavy atom. The van der Waals surface area contributed by atoms with Gasteiger partial charge in [0.05, 0.1) is 5.56 Å². The molecule has 0 saturated carbocycles. The summed E-state index contributed by atoms with van der Waals surface area (Å²) in [4.78, 5) is 25.7. The van der Waals surface area contributed by atoms with Crippen LogP contribution in [0.1, 0.15) is 28.8 Å². The maximum Gasteiger partial charge on any atom is 0.338 e. The first kappa shape index (κ1) is 15.6. The number of hydrogen-bond acceptors (Lipinski definition) is 3. The zero-order chi connectivity index (χ0) is 16.2. The third kappa shape index (κ3) is 3.54. The molecule has 3 rings (SSSR count). The van der Waals surface area contributed by atoms with Gasteiger partial charge in [0.1, 0.15) is 6.61 Å². The van der Waals surface area contributed by atoms with Gasteiger partial charge in [-0.2, -0.15) is 0 Å². The van der Waals surface area contributed by atoms with Gasteiger partial charge in [0.15, 0.2) is 0 Å². The van der Waals surface area contributed by atoms with Crippen LogP contribution in [0.5, 0.6) is 0 Å². The summed E-state index contributed by atoms with van der Waals surface area (Å²) in [5.41, 5.74) is 1.92. The molecular weight excluding hydrogens is 314 g/mol. The average molecular weight is 330 g/mol. The van der Waals surface area contributed by atoms with E-state index in [0.29, 0.717) is 23.6 Å². The molecule has 0 aromatic heterocycles. The Labute approximate surface area is 139 Å². The SMILES string of the molecule is O=C(OCc1ccccc1Cl)c1cccc(N2CCCC2=O)c1. The molecule has 1 fully saturated rings. The number of carbonyl (C=O) groups excluding carboxylic acids is 2. The van der Waals surface area contributed by atoms with Gasteiger partial charge < -0.3 is 9.64 Å². The van der Waals surface area contributed by atoms with E-state index in [4.69, 9.17) is 16.3 Å². The average Bonchev–Trinajstić information content (AvgIpc) is 3.00. The van der Waals surface area contributed by atoms with Gasteiger partial charge in [-0.3, -0.25) is 4.79 Å². The third-order valence-electron chi connectivity index (χ3n) is 3.78. The number of carbonyl (C=O) groups is 2. The highest BCUT2D eigenvalue weighted by molar-refractivity contribution is 6.31. The normalized spacial score (nSPS) is 14.1. The lowest BCUT2D eigenvalue weighted by Gasteiger charge is -2.16. The first-order valence-electron chi connectivity index (χ1n) is 7.46. The van der Waals surface area contributed by atoms with Crippen molar-refractivity contribution >= 4 is 29.2 Å². The topological polar surface area (TPSA) is 46.6 Å². The molecule has 5 heteroatoms. The van der Waals surface area contributed by atoms with Crippen molar-refractivity contribution in [1.29, 1.82) is 0 Å². The largest absolute Gasteiger partial charge is 0.457 e. The summed E-state index contributed by atoms with van der Waals surface area (Å²) in [7, 11) is 0. The Balaban J connectivity index is 1.70. The van der Waals surface area contributed by atoms with E-state index in [1.165, 1.54) is 0 Å². The van der Waals surface area contributed by atoms with E-state index in [-0.39, 0.29) is 12.5 Å². The molecule has 1 saturated heterocycles. The van der Waals surface area contributed by atoms with E-state index in [0.717, 1.165) is 17.7 Å². The van der Waals surface area contributed by atoms with Crippen LogP contribution in [0, 0.1) is 0 Å². The molecule has 0 aliphatic carbocycles. The third-order valence-corrected chi connectivity index (χ3v) is 4.15. The van der Waals surface area contributed by atoms with Crippen molar-refractivity contribution in [1.82, 2.24) is 0 Å². The summed E-state index contributed by atoms with van der Waals surface area (Å²) >= 11 is 6.05. The quantitative estimate of drug-likeness (QED) is 0.801. The standard InChI is InChI=1S/C18H16ClNO3/c19-16-8-2-1-5-14(16)12-23-18(22)13-6-3-7-15(11-13)20-10-4-9-17(20)21/h1-3,5-8,11H,4,9-10,12H2. The summed E-state index contributed by atoms with van der Waals surface area (Å²) in [5.74, 6) is -0.343. The first-order valence-corrected chi connectivity index (χ1v) is 7.84. The van der Waals surface area contributed by atoms with Crippen LogP contribution in [0.2, 0.25) is 5.02 Å². The predicted molar refractivity (Wildman–Crippen MR) is 88.6 cm³/mol. The molecule has 1 amide bonds. The Morgan fingerprint density at radius 1 is 1.17 bits per heavy atom. The van der Waals surface area contributed by atoms with Gasteiger partial charge in [0.2, 0.25) is 5.91 Å². The highest BCUT2D eigenvalue weighted by atomic mass is 35.5. The van der Waals surface area contributed by atoms with Crippen LogP contribution in [0.15, 0.2) is 48.5 Å². The maximum absolute atomic E-state index is 12.2. The number of ether oxygens (including phenoxy) is 1. The molecule has 2 aromatic carbocycles. The van der Waals surface area contributed by atoms with E-state index >= 15 is 0 Å². The summed E-state index contributed by atoms with van der Waals surface area (Å²) < 4.78 is 5.31. The lowest BCUT2D eigenvalue weighted by Crippen LogP contribution is -2.23. The van der Waals surface area contributed by atoms with Gasteiger partial charge in [-0.25, -0.2) is 4.79 Å². The maximum atomic E-state index is 12.2. The molecule has 1 aliphatic heterocycles. The summed E-state index contributed by atoms with van der Waals surface area (Å²) in [6.07, 6.45) is 1.40. The first-order chi connectivity index (χ1) is 11.1. The minimum Gasteiger partial charge on any atom is -0.457 e. The smallest absolute Gasteiger partial charge is 0.338 e. The Bertz CT molecular complexity index is 745. The lowest BCUT2D eigenvalue weighted by atomic mass is 10.2. The molecule has 0 spiro atoms. The van der Waals surface area contributed by atoms with Gasteiger partial charge in [-0.05, 0) is 30.7 Å². The van der Waals surface area contributed by atoms with Gasteiger partial charge in [0.25, 0.3) is 0 Å². The van der Waals surface area contributed by atoms with Gasteiger partial charge >= 0.3 is 5.97 Å². The number of hydrogen-bond donors (Lipinski definition) is 0. The summed E-state index contributed by atoms with van der Waals surface area (Å²) in [5, 5.41) is 0.566. The van der Waals surface area contributed by atoms with Gasteiger partial charge in [-0.15, -0.1) is 0 Å². The second-order valence-corrected chi connectivity index (χ2v) is 5.77. The van der Waals surface area contributed by atoms with Crippen LogP contribution in [0.3, 0.4) is 0 Å². The molecule has 4 nitrogen and oxygen atoms in total. The number of benzene rings is 2. The Kier molecular flexibility index (Phi) is 4.63. The van der Waals surface area contributed by atoms with E-state index in [1.807, 2.05) is 24.3 Å². The highest BCUT2D eigenvalue weighted by Crippen LogP contribution is 2.23. The molecule has 118 valence electrons. The predicted octanol–water partition coefficient (Wildman–Crippen LogP) is 3.82. The van der Waals surface area contributed by atoms with Crippen molar-refractivity contribution in [2.75, 3.05) is 11.4 Å². The molecule has 0 radical (unpaired) electrons. The van der Waals surface area contributed by atoms with Gasteiger partial charge in [0, 0.05) is 29.2 Å². The lowest BCUT2D eigenvalue weighted by molar-refractivity contribution is -0.117. The van der Waals surface area contributed by atoms with E-state index in [9.17, 15) is 9.59 Å². The fourth-order valence-electron chi connectivity index (χ4n) is 2.56. The van der Waals surface area contributed by atoms with Crippen molar-refractivity contribution in [3.63, 3.8) is 0 Å². The second kappa shape index (κ2) is 6.84. The molecule has 0 N–H and O–H groups in total. The van der Waals surface area contributed by atoms with Crippen LogP contribution in [-0.2, 0) is 16.1 Å². The molecular formula is C18H16ClNO3. The van der Waals surface area contributed by atoms with E-state index < -0.39 is 5.97 Å². The summed E-state index contributed by atoms with van der Waals surface area (Å²) in [6, 6.07) is 14.2. The molecule has 0 bridgehead atoms. The number of rotatable bonds is 4. The molecule has 1 heterocycles. The van der Waals surface area contributed by atoms with Crippen LogP contribution < -0.4 is 4.90 Å². The second-order valence-electron chi connectivity index (χ2n) is 5.37. The fourth-order valence-corrected chi connectivity index (χ4v) is 2.75. The minimum atomic E-state index is -0.432. The van der Waals surface area contributed by atoms with Crippen molar-refractivity contribution in [3.05, 3.63) is 64.7 Å². The van der Waals surface area contributed by atoms with Crippen molar-refractivity contribution in [3.8, 4) is 0 Å². The zero-order valence-corrected chi connectivity index (χ0v) is 13.3. The summed E-state index contributed by atoms with van der Waals surface area (Å²) in [6.45, 7) is 0.808. The van der Waals surface area contributed by atoms with Crippen molar-refractivity contribution in [2.45, 2.75) is 19.4 Å². The number of anilines is 1. The zero-order valence-electron chi connectivity index (χ0n) is 12.5.